The molecule has 6 atom stereocenters. The van der Waals surface area contributed by atoms with Crippen LogP contribution in [0.1, 0.15) is 53.2 Å². The largest absolute Gasteiger partial charge is 0.463 e. The number of rotatable bonds is 8. The predicted molar refractivity (Wildman–Crippen MR) is 123 cm³/mol. The molecular formula is C23H33N5O7. The van der Waals surface area contributed by atoms with E-state index in [1.807, 2.05) is 0 Å². The highest BCUT2D eigenvalue weighted by atomic mass is 16.6. The van der Waals surface area contributed by atoms with Gasteiger partial charge in [0.2, 0.25) is 0 Å². The summed E-state index contributed by atoms with van der Waals surface area (Å²) >= 11 is 0. The third kappa shape index (κ3) is 5.24. The monoisotopic (exact) mass is 491 g/mol. The van der Waals surface area contributed by atoms with Crippen LogP contribution in [-0.4, -0.2) is 78.7 Å². The van der Waals surface area contributed by atoms with Crippen LogP contribution in [0.5, 0.6) is 0 Å². The zero-order chi connectivity index (χ0) is 25.3. The van der Waals surface area contributed by atoms with Crippen LogP contribution in [0.15, 0.2) is 12.7 Å². The highest BCUT2D eigenvalue weighted by molar-refractivity contribution is 5.83. The number of fused-ring (bicyclic) bond motifs is 1. The zero-order valence-electron chi connectivity index (χ0n) is 20.3. The smallest absolute Gasteiger partial charge is 0.308 e. The summed E-state index contributed by atoms with van der Waals surface area (Å²) < 4.78 is 18.2. The number of hydrogen-bond acceptors (Lipinski definition) is 11. The number of ether oxygens (including phenoxy) is 3. The van der Waals surface area contributed by atoms with E-state index in [1.54, 1.807) is 27.7 Å². The molecule has 12 heteroatoms. The summed E-state index contributed by atoms with van der Waals surface area (Å²) in [5, 5.41) is 24.4. The van der Waals surface area contributed by atoms with Crippen molar-refractivity contribution in [2.45, 2.75) is 83.6 Å². The SMILES string of the molecule is CC(C)C(=O)OC[C@H]1O[C@@H](n2cnc3c(N[C@@H]4CCC[C@@H]4OC(=O)C(C)C)ncnc32)[C@H](O)[C@@H]1O. The van der Waals surface area contributed by atoms with Crippen LogP contribution in [0, 0.1) is 11.8 Å². The quantitative estimate of drug-likeness (QED) is 0.455. The van der Waals surface area contributed by atoms with Crippen LogP contribution in [0.3, 0.4) is 0 Å². The number of carbonyl (C=O) groups is 2. The highest BCUT2D eigenvalue weighted by Crippen LogP contribution is 2.33. The van der Waals surface area contributed by atoms with Crippen molar-refractivity contribution in [3.8, 4) is 0 Å². The van der Waals surface area contributed by atoms with Gasteiger partial charge in [-0.2, -0.15) is 0 Å². The number of imidazole rings is 1. The highest BCUT2D eigenvalue weighted by Gasteiger charge is 2.45. The van der Waals surface area contributed by atoms with E-state index < -0.39 is 30.5 Å². The lowest BCUT2D eigenvalue weighted by Crippen LogP contribution is -2.34. The van der Waals surface area contributed by atoms with Crippen molar-refractivity contribution < 1.29 is 34.0 Å². The molecule has 0 aromatic carbocycles. The van der Waals surface area contributed by atoms with Gasteiger partial charge in [0.25, 0.3) is 0 Å². The van der Waals surface area contributed by atoms with Crippen molar-refractivity contribution >= 4 is 28.9 Å². The number of carbonyl (C=O) groups excluding carboxylic acids is 2. The minimum Gasteiger partial charge on any atom is -0.463 e. The van der Waals surface area contributed by atoms with E-state index in [0.29, 0.717) is 17.0 Å². The second-order valence-electron chi connectivity index (χ2n) is 9.69. The third-order valence-corrected chi connectivity index (χ3v) is 6.35. The van der Waals surface area contributed by atoms with E-state index in [0.717, 1.165) is 19.3 Å². The Hall–Kier alpha value is -2.83. The van der Waals surface area contributed by atoms with Gasteiger partial charge in [-0.25, -0.2) is 15.0 Å². The number of esters is 2. The Morgan fingerprint density at radius 3 is 2.57 bits per heavy atom. The average Bonchev–Trinajstić information content (AvgIpc) is 3.51. The summed E-state index contributed by atoms with van der Waals surface area (Å²) in [6.45, 7) is 6.83. The first-order chi connectivity index (χ1) is 16.7. The Labute approximate surface area is 203 Å². The fourth-order valence-corrected chi connectivity index (χ4v) is 4.26. The summed E-state index contributed by atoms with van der Waals surface area (Å²) in [7, 11) is 0. The summed E-state index contributed by atoms with van der Waals surface area (Å²) in [6, 6.07) is -0.115. The minimum absolute atomic E-state index is 0.115. The predicted octanol–water partition coefficient (Wildman–Crippen LogP) is 1.18. The molecular weight excluding hydrogens is 458 g/mol. The van der Waals surface area contributed by atoms with Crippen molar-refractivity contribution in [1.82, 2.24) is 19.5 Å². The van der Waals surface area contributed by atoms with Crippen molar-refractivity contribution in [2.24, 2.45) is 11.8 Å². The number of nitrogens with one attached hydrogen (secondary N) is 1. The maximum Gasteiger partial charge on any atom is 0.308 e. The molecule has 2 fully saturated rings. The molecule has 1 saturated carbocycles. The van der Waals surface area contributed by atoms with Crippen molar-refractivity contribution in [1.29, 1.82) is 0 Å². The molecule has 1 aliphatic carbocycles. The normalized spacial score (nSPS) is 28.7. The maximum atomic E-state index is 12.1. The third-order valence-electron chi connectivity index (χ3n) is 6.35. The second-order valence-corrected chi connectivity index (χ2v) is 9.69. The number of hydrogen-bond donors (Lipinski definition) is 3. The van der Waals surface area contributed by atoms with E-state index in [-0.39, 0.29) is 36.6 Å². The standard InChI is InChI=1S/C23H33N5O7/c1-11(2)22(31)33-8-15-17(29)18(30)21(34-15)28-10-26-16-19(24-9-25-20(16)28)27-13-6-5-7-14(13)35-23(32)12(3)4/h9-15,17-18,21,29-30H,5-8H2,1-4H3,(H,24,25,27)/t13-,14+,15-,17-,18-,21-/m1/s1. The Kier molecular flexibility index (Phi) is 7.53. The molecule has 0 unspecified atom stereocenters. The summed E-state index contributed by atoms with van der Waals surface area (Å²) in [5.41, 5.74) is 0.848. The summed E-state index contributed by atoms with van der Waals surface area (Å²) in [6.07, 6.45) is 0.641. The zero-order valence-corrected chi connectivity index (χ0v) is 20.3. The summed E-state index contributed by atoms with van der Waals surface area (Å²) in [4.78, 5) is 36.9. The van der Waals surface area contributed by atoms with E-state index >= 15 is 0 Å². The van der Waals surface area contributed by atoms with E-state index in [9.17, 15) is 19.8 Å². The van der Waals surface area contributed by atoms with Gasteiger partial charge in [-0.3, -0.25) is 14.2 Å². The fraction of sp³-hybridized carbons (Fsp3) is 0.696. The molecule has 0 radical (unpaired) electrons. The Balaban J connectivity index is 1.50. The van der Waals surface area contributed by atoms with Gasteiger partial charge < -0.3 is 29.7 Å². The van der Waals surface area contributed by atoms with Crippen LogP contribution in [0.2, 0.25) is 0 Å². The van der Waals surface area contributed by atoms with Crippen LogP contribution < -0.4 is 5.32 Å². The first-order valence-electron chi connectivity index (χ1n) is 12.0. The lowest BCUT2D eigenvalue weighted by Gasteiger charge is -2.22. The molecule has 1 saturated heterocycles. The fourth-order valence-electron chi connectivity index (χ4n) is 4.26. The van der Waals surface area contributed by atoms with Gasteiger partial charge in [-0.05, 0) is 19.3 Å². The minimum atomic E-state index is -1.28. The van der Waals surface area contributed by atoms with E-state index in [1.165, 1.54) is 17.2 Å². The molecule has 12 nitrogen and oxygen atoms in total. The van der Waals surface area contributed by atoms with Crippen LogP contribution >= 0.6 is 0 Å². The molecule has 3 heterocycles. The summed E-state index contributed by atoms with van der Waals surface area (Å²) in [5.74, 6) is -0.701. The molecule has 192 valence electrons. The molecule has 0 bridgehead atoms. The van der Waals surface area contributed by atoms with Gasteiger partial charge in [-0.1, -0.05) is 27.7 Å². The molecule has 2 aromatic heterocycles. The van der Waals surface area contributed by atoms with Crippen molar-refractivity contribution in [3.63, 3.8) is 0 Å². The molecule has 3 N–H and O–H groups in total. The number of aliphatic hydroxyl groups excluding tert-OH is 2. The van der Waals surface area contributed by atoms with Gasteiger partial charge in [0.15, 0.2) is 23.2 Å². The molecule has 0 amide bonds. The molecule has 2 aliphatic rings. The first-order valence-corrected chi connectivity index (χ1v) is 12.0. The average molecular weight is 492 g/mol. The van der Waals surface area contributed by atoms with E-state index in [4.69, 9.17) is 14.2 Å². The Morgan fingerprint density at radius 1 is 1.11 bits per heavy atom. The lowest BCUT2D eigenvalue weighted by atomic mass is 10.1. The van der Waals surface area contributed by atoms with Gasteiger partial charge >= 0.3 is 11.9 Å². The van der Waals surface area contributed by atoms with Crippen molar-refractivity contribution in [2.75, 3.05) is 11.9 Å². The molecule has 4 rings (SSSR count). The molecule has 1 aliphatic heterocycles. The number of anilines is 1. The van der Waals surface area contributed by atoms with Gasteiger partial charge in [0.1, 0.15) is 37.4 Å². The second kappa shape index (κ2) is 10.4. The molecule has 0 spiro atoms. The topological polar surface area (TPSA) is 158 Å². The Bertz CT molecular complexity index is 1060. The van der Waals surface area contributed by atoms with Gasteiger partial charge in [0, 0.05) is 0 Å². The van der Waals surface area contributed by atoms with Gasteiger partial charge in [0.05, 0.1) is 24.2 Å². The number of aromatic nitrogens is 4. The molecule has 35 heavy (non-hydrogen) atoms. The van der Waals surface area contributed by atoms with Crippen LogP contribution in [0.25, 0.3) is 11.2 Å². The maximum absolute atomic E-state index is 12.1. The van der Waals surface area contributed by atoms with E-state index in [2.05, 4.69) is 20.3 Å². The Morgan fingerprint density at radius 2 is 1.86 bits per heavy atom. The van der Waals surface area contributed by atoms with Gasteiger partial charge in [-0.15, -0.1) is 0 Å². The number of aliphatic hydroxyl groups is 2. The first kappa shape index (κ1) is 25.3. The molecule has 2 aromatic rings. The van der Waals surface area contributed by atoms with Crippen molar-refractivity contribution in [3.05, 3.63) is 12.7 Å². The van der Waals surface area contributed by atoms with Crippen LogP contribution in [-0.2, 0) is 23.8 Å². The lowest BCUT2D eigenvalue weighted by molar-refractivity contribution is -0.154. The van der Waals surface area contributed by atoms with Crippen LogP contribution in [0.4, 0.5) is 5.82 Å². The number of nitrogens with zero attached hydrogens (tertiary/aromatic N) is 4.